The van der Waals surface area contributed by atoms with Crippen LogP contribution in [0.3, 0.4) is 0 Å². The first kappa shape index (κ1) is 16.3. The van der Waals surface area contributed by atoms with Gasteiger partial charge in [-0.3, -0.25) is 0 Å². The maximum Gasteiger partial charge on any atom is 0.189 e. The molecule has 1 fully saturated rings. The summed E-state index contributed by atoms with van der Waals surface area (Å²) >= 11 is 0. The van der Waals surface area contributed by atoms with E-state index in [4.69, 9.17) is 10.5 Å². The van der Waals surface area contributed by atoms with Crippen LogP contribution in [0, 0.1) is 5.82 Å². The number of ether oxygens (including phenoxy) is 1. The topological polar surface area (TPSA) is 62.9 Å². The normalized spacial score (nSPS) is 15.7. The Kier molecular flexibility index (Phi) is 5.77. The number of morpholine rings is 1. The number of hydrogen-bond acceptors (Lipinski definition) is 3. The first-order valence-electron chi connectivity index (χ1n) is 7.35. The molecule has 0 saturated carbocycles. The van der Waals surface area contributed by atoms with E-state index in [1.807, 2.05) is 17.9 Å². The van der Waals surface area contributed by atoms with Crippen LogP contribution >= 0.6 is 0 Å². The van der Waals surface area contributed by atoms with Gasteiger partial charge in [-0.05, 0) is 24.6 Å². The van der Waals surface area contributed by atoms with Crippen molar-refractivity contribution in [2.45, 2.75) is 13.5 Å². The van der Waals surface area contributed by atoms with E-state index in [1.54, 1.807) is 6.07 Å². The molecule has 0 atom stereocenters. The highest BCUT2D eigenvalue weighted by Crippen LogP contribution is 2.21. The molecule has 0 aliphatic carbocycles. The fourth-order valence-corrected chi connectivity index (χ4v) is 2.18. The van der Waals surface area contributed by atoms with Gasteiger partial charge < -0.3 is 20.7 Å². The van der Waals surface area contributed by atoms with Crippen molar-refractivity contribution >= 4 is 11.6 Å². The van der Waals surface area contributed by atoms with E-state index in [0.29, 0.717) is 51.0 Å². The lowest BCUT2D eigenvalue weighted by molar-refractivity contribution is 0.122. The Morgan fingerprint density at radius 2 is 2.18 bits per heavy atom. The van der Waals surface area contributed by atoms with Crippen LogP contribution in [-0.4, -0.2) is 38.8 Å². The molecular weight excluding hydrogens is 283 g/mol. The van der Waals surface area contributed by atoms with Crippen molar-refractivity contribution in [3.8, 4) is 0 Å². The molecule has 0 aromatic heterocycles. The quantitative estimate of drug-likeness (QED) is 0.493. The molecular formula is C16H23FN4O. The van der Waals surface area contributed by atoms with E-state index in [2.05, 4.69) is 16.9 Å². The van der Waals surface area contributed by atoms with E-state index in [9.17, 15) is 4.39 Å². The zero-order valence-corrected chi connectivity index (χ0v) is 12.9. The van der Waals surface area contributed by atoms with Crippen molar-refractivity contribution in [1.29, 1.82) is 0 Å². The molecule has 0 radical (unpaired) electrons. The Hall–Kier alpha value is -2.08. The van der Waals surface area contributed by atoms with Crippen molar-refractivity contribution in [1.82, 2.24) is 5.32 Å². The van der Waals surface area contributed by atoms with Crippen LogP contribution in [0.4, 0.5) is 10.1 Å². The third kappa shape index (κ3) is 4.73. The second-order valence-electron chi connectivity index (χ2n) is 5.40. The van der Waals surface area contributed by atoms with Gasteiger partial charge in [0.2, 0.25) is 0 Å². The SMILES string of the molecule is C=C(C)CNC(N)=NCc1ccc(N2CCOCC2)c(F)c1. The van der Waals surface area contributed by atoms with E-state index >= 15 is 0 Å². The zero-order chi connectivity index (χ0) is 15.9. The molecule has 1 aliphatic rings. The predicted molar refractivity (Wildman–Crippen MR) is 87.6 cm³/mol. The molecule has 0 unspecified atom stereocenters. The van der Waals surface area contributed by atoms with Gasteiger partial charge in [0.25, 0.3) is 0 Å². The fraction of sp³-hybridized carbons (Fsp3) is 0.438. The molecule has 1 aliphatic heterocycles. The molecule has 2 rings (SSSR count). The van der Waals surface area contributed by atoms with Gasteiger partial charge in [0.15, 0.2) is 5.96 Å². The summed E-state index contributed by atoms with van der Waals surface area (Å²) in [6.07, 6.45) is 0. The molecule has 0 bridgehead atoms. The summed E-state index contributed by atoms with van der Waals surface area (Å²) in [6, 6.07) is 5.19. The summed E-state index contributed by atoms with van der Waals surface area (Å²) in [6.45, 7) is 9.30. The molecule has 5 nitrogen and oxygen atoms in total. The second kappa shape index (κ2) is 7.79. The Morgan fingerprint density at radius 1 is 1.45 bits per heavy atom. The number of halogens is 1. The van der Waals surface area contributed by atoms with Gasteiger partial charge in [0.1, 0.15) is 5.82 Å². The highest BCUT2D eigenvalue weighted by Gasteiger charge is 2.15. The number of hydrogen-bond donors (Lipinski definition) is 2. The lowest BCUT2D eigenvalue weighted by Crippen LogP contribution is -2.36. The van der Waals surface area contributed by atoms with E-state index in [1.165, 1.54) is 6.07 Å². The van der Waals surface area contributed by atoms with Crippen molar-refractivity contribution in [2.24, 2.45) is 10.7 Å². The van der Waals surface area contributed by atoms with Crippen LogP contribution in [-0.2, 0) is 11.3 Å². The molecule has 3 N–H and O–H groups in total. The van der Waals surface area contributed by atoms with Crippen LogP contribution in [0.5, 0.6) is 0 Å². The van der Waals surface area contributed by atoms with Crippen molar-refractivity contribution < 1.29 is 9.13 Å². The molecule has 22 heavy (non-hydrogen) atoms. The van der Waals surface area contributed by atoms with Gasteiger partial charge in [0, 0.05) is 19.6 Å². The number of nitrogens with zero attached hydrogens (tertiary/aromatic N) is 2. The van der Waals surface area contributed by atoms with E-state index in [0.717, 1.165) is 11.1 Å². The minimum atomic E-state index is -0.233. The van der Waals surface area contributed by atoms with Crippen LogP contribution < -0.4 is 16.0 Å². The zero-order valence-electron chi connectivity index (χ0n) is 12.9. The number of nitrogens with two attached hydrogens (primary N) is 1. The molecule has 0 spiro atoms. The monoisotopic (exact) mass is 306 g/mol. The standard InChI is InChI=1S/C16H23FN4O/c1-12(2)10-19-16(18)20-11-13-3-4-15(14(17)9-13)21-5-7-22-8-6-21/h3-4,9H,1,5-8,10-11H2,2H3,(H3,18,19,20). The second-order valence-corrected chi connectivity index (χ2v) is 5.40. The van der Waals surface area contributed by atoms with Gasteiger partial charge in [-0.25, -0.2) is 9.38 Å². The highest BCUT2D eigenvalue weighted by atomic mass is 19.1. The molecule has 1 saturated heterocycles. The first-order valence-corrected chi connectivity index (χ1v) is 7.35. The average Bonchev–Trinajstić information content (AvgIpc) is 2.52. The Balaban J connectivity index is 1.96. The molecule has 120 valence electrons. The van der Waals surface area contributed by atoms with Crippen LogP contribution in [0.15, 0.2) is 35.3 Å². The Bertz CT molecular complexity index is 553. The summed E-state index contributed by atoms with van der Waals surface area (Å²) in [7, 11) is 0. The van der Waals surface area contributed by atoms with Crippen LogP contribution in [0.1, 0.15) is 12.5 Å². The third-order valence-electron chi connectivity index (χ3n) is 3.37. The van der Waals surface area contributed by atoms with Gasteiger partial charge in [-0.15, -0.1) is 0 Å². The largest absolute Gasteiger partial charge is 0.378 e. The van der Waals surface area contributed by atoms with Crippen molar-refractivity contribution in [3.63, 3.8) is 0 Å². The lowest BCUT2D eigenvalue weighted by atomic mass is 10.1. The Labute approximate surface area is 130 Å². The van der Waals surface area contributed by atoms with E-state index in [-0.39, 0.29) is 5.82 Å². The number of rotatable bonds is 5. The number of guanidine groups is 1. The number of anilines is 1. The van der Waals surface area contributed by atoms with Gasteiger partial charge in [0.05, 0.1) is 25.4 Å². The summed E-state index contributed by atoms with van der Waals surface area (Å²) in [5, 5.41) is 2.94. The summed E-state index contributed by atoms with van der Waals surface area (Å²) in [5.74, 6) is 0.101. The van der Waals surface area contributed by atoms with Crippen molar-refractivity contribution in [2.75, 3.05) is 37.7 Å². The lowest BCUT2D eigenvalue weighted by Gasteiger charge is -2.29. The average molecular weight is 306 g/mol. The maximum absolute atomic E-state index is 14.2. The molecule has 0 amide bonds. The van der Waals surface area contributed by atoms with E-state index < -0.39 is 0 Å². The van der Waals surface area contributed by atoms with Gasteiger partial charge in [-0.1, -0.05) is 18.2 Å². The number of nitrogens with one attached hydrogen (secondary N) is 1. The number of aliphatic imine (C=N–C) groups is 1. The molecule has 1 aromatic rings. The predicted octanol–water partition coefficient (Wildman–Crippen LogP) is 1.64. The summed E-state index contributed by atoms with van der Waals surface area (Å²) < 4.78 is 19.5. The molecule has 6 heteroatoms. The van der Waals surface area contributed by atoms with Gasteiger partial charge in [-0.2, -0.15) is 0 Å². The summed E-state index contributed by atoms with van der Waals surface area (Å²) in [5.41, 5.74) is 8.11. The first-order chi connectivity index (χ1) is 10.6. The maximum atomic E-state index is 14.2. The highest BCUT2D eigenvalue weighted by molar-refractivity contribution is 5.78. The van der Waals surface area contributed by atoms with Gasteiger partial charge >= 0.3 is 0 Å². The summed E-state index contributed by atoms with van der Waals surface area (Å²) in [4.78, 5) is 6.19. The third-order valence-corrected chi connectivity index (χ3v) is 3.37. The van der Waals surface area contributed by atoms with Crippen LogP contribution in [0.2, 0.25) is 0 Å². The van der Waals surface area contributed by atoms with Crippen molar-refractivity contribution in [3.05, 3.63) is 41.7 Å². The minimum Gasteiger partial charge on any atom is -0.378 e. The molecule has 1 heterocycles. The smallest absolute Gasteiger partial charge is 0.189 e. The Morgan fingerprint density at radius 3 is 2.82 bits per heavy atom. The molecule has 1 aromatic carbocycles. The van der Waals surface area contributed by atoms with Crippen LogP contribution in [0.25, 0.3) is 0 Å². The minimum absolute atomic E-state index is 0.233. The fourth-order valence-electron chi connectivity index (χ4n) is 2.18. The number of benzene rings is 1.